The smallest absolute Gasteiger partial charge is 0.0697 e. The molecule has 2 fully saturated rings. The van der Waals surface area contributed by atoms with E-state index in [1.807, 2.05) is 12.1 Å². The minimum Gasteiger partial charge on any atom is -0.375 e. The Kier molecular flexibility index (Phi) is 3.84. The van der Waals surface area contributed by atoms with E-state index < -0.39 is 0 Å². The van der Waals surface area contributed by atoms with Crippen LogP contribution in [0.2, 0.25) is 5.02 Å². The minimum atomic E-state index is 0.212. The van der Waals surface area contributed by atoms with Gasteiger partial charge in [0.1, 0.15) is 0 Å². The fraction of sp³-hybridized carbons (Fsp3) is 0.625. The van der Waals surface area contributed by atoms with Crippen molar-refractivity contribution in [2.24, 2.45) is 0 Å². The lowest BCUT2D eigenvalue weighted by Crippen LogP contribution is -2.51. The van der Waals surface area contributed by atoms with Gasteiger partial charge in [0, 0.05) is 23.7 Å². The molecule has 104 valence electrons. The van der Waals surface area contributed by atoms with E-state index in [1.54, 1.807) is 0 Å². The average molecular weight is 280 g/mol. The zero-order valence-electron chi connectivity index (χ0n) is 11.5. The van der Waals surface area contributed by atoms with Crippen LogP contribution in [0.5, 0.6) is 0 Å². The molecule has 1 aliphatic carbocycles. The molecule has 1 N–H and O–H groups in total. The van der Waals surface area contributed by atoms with Gasteiger partial charge < -0.3 is 10.1 Å². The molecule has 1 aliphatic heterocycles. The zero-order valence-corrected chi connectivity index (χ0v) is 12.2. The van der Waals surface area contributed by atoms with E-state index in [-0.39, 0.29) is 5.60 Å². The summed E-state index contributed by atoms with van der Waals surface area (Å²) >= 11 is 6.06. The maximum Gasteiger partial charge on any atom is 0.0697 e. The molecule has 2 unspecified atom stereocenters. The molecule has 1 aromatic rings. The van der Waals surface area contributed by atoms with Gasteiger partial charge in [-0.3, -0.25) is 0 Å². The summed E-state index contributed by atoms with van der Waals surface area (Å²) < 4.78 is 5.98. The molecule has 1 spiro atoms. The topological polar surface area (TPSA) is 21.3 Å². The molecular weight excluding hydrogens is 258 g/mol. The fourth-order valence-corrected chi connectivity index (χ4v) is 3.51. The highest BCUT2D eigenvalue weighted by atomic mass is 35.5. The summed E-state index contributed by atoms with van der Waals surface area (Å²) in [5.41, 5.74) is 1.48. The van der Waals surface area contributed by atoms with Crippen molar-refractivity contribution in [3.05, 3.63) is 34.9 Å². The van der Waals surface area contributed by atoms with Crippen LogP contribution in [0.15, 0.2) is 24.3 Å². The van der Waals surface area contributed by atoms with Gasteiger partial charge in [-0.1, -0.05) is 23.7 Å². The second kappa shape index (κ2) is 5.43. The lowest BCUT2D eigenvalue weighted by atomic mass is 9.74. The van der Waals surface area contributed by atoms with Gasteiger partial charge in [-0.15, -0.1) is 0 Å². The van der Waals surface area contributed by atoms with E-state index >= 15 is 0 Å². The maximum atomic E-state index is 6.06. The Morgan fingerprint density at radius 2 is 2.26 bits per heavy atom. The Hall–Kier alpha value is -0.570. The van der Waals surface area contributed by atoms with Crippen LogP contribution in [0.4, 0.5) is 0 Å². The van der Waals surface area contributed by atoms with Gasteiger partial charge in [0.15, 0.2) is 0 Å². The average Bonchev–Trinajstić information content (AvgIpc) is 2.37. The summed E-state index contributed by atoms with van der Waals surface area (Å²) in [5, 5.41) is 4.56. The molecule has 2 nitrogen and oxygen atoms in total. The monoisotopic (exact) mass is 279 g/mol. The van der Waals surface area contributed by atoms with Gasteiger partial charge in [0.2, 0.25) is 0 Å². The zero-order chi connectivity index (χ0) is 13.3. The van der Waals surface area contributed by atoms with Crippen molar-refractivity contribution < 1.29 is 4.74 Å². The van der Waals surface area contributed by atoms with Crippen LogP contribution >= 0.6 is 11.6 Å². The summed E-state index contributed by atoms with van der Waals surface area (Å²) in [4.78, 5) is 0. The molecule has 19 heavy (non-hydrogen) atoms. The third kappa shape index (κ3) is 2.96. The van der Waals surface area contributed by atoms with Crippen LogP contribution in [0.3, 0.4) is 0 Å². The molecule has 1 aromatic carbocycles. The summed E-state index contributed by atoms with van der Waals surface area (Å²) in [6, 6.07) is 9.06. The number of rotatable bonds is 3. The van der Waals surface area contributed by atoms with Gasteiger partial charge in [-0.25, -0.2) is 0 Å². The Labute approximate surface area is 120 Å². The van der Waals surface area contributed by atoms with Gasteiger partial charge in [-0.05, 0) is 56.7 Å². The molecule has 2 atom stereocenters. The Balaban J connectivity index is 1.61. The van der Waals surface area contributed by atoms with E-state index in [0.717, 1.165) is 24.5 Å². The van der Waals surface area contributed by atoms with Crippen LogP contribution in [-0.2, 0) is 4.74 Å². The molecule has 0 aromatic heterocycles. The lowest BCUT2D eigenvalue weighted by Gasteiger charge is -2.47. The number of benzene rings is 1. The molecule has 2 aliphatic rings. The van der Waals surface area contributed by atoms with E-state index in [4.69, 9.17) is 16.3 Å². The minimum absolute atomic E-state index is 0.212. The Bertz CT molecular complexity index is 444. The molecular formula is C16H22ClNO. The normalized spacial score (nSPS) is 26.9. The number of hydrogen-bond acceptors (Lipinski definition) is 2. The molecule has 1 saturated carbocycles. The van der Waals surface area contributed by atoms with E-state index in [0.29, 0.717) is 12.1 Å². The molecule has 0 amide bonds. The van der Waals surface area contributed by atoms with Crippen LogP contribution < -0.4 is 5.32 Å². The van der Waals surface area contributed by atoms with Gasteiger partial charge in [0.05, 0.1) is 5.60 Å². The van der Waals surface area contributed by atoms with Crippen molar-refractivity contribution in [1.82, 2.24) is 5.32 Å². The van der Waals surface area contributed by atoms with Crippen LogP contribution in [0.1, 0.15) is 50.6 Å². The van der Waals surface area contributed by atoms with Crippen LogP contribution in [-0.4, -0.2) is 18.2 Å². The van der Waals surface area contributed by atoms with Crippen molar-refractivity contribution in [2.45, 2.75) is 56.7 Å². The molecule has 1 saturated heterocycles. The van der Waals surface area contributed by atoms with Gasteiger partial charge >= 0.3 is 0 Å². The predicted octanol–water partition coefficient (Wildman–Crippen LogP) is 4.09. The number of ether oxygens (including phenoxy) is 1. The standard InChI is InChI=1S/C16H22ClNO/c1-12(13-4-2-5-14(17)10-13)18-15-6-9-19-16(11-15)7-3-8-16/h2,4-5,10,12,15,18H,3,6-9,11H2,1H3. The first-order chi connectivity index (χ1) is 9.17. The maximum absolute atomic E-state index is 6.06. The summed E-state index contributed by atoms with van der Waals surface area (Å²) in [6.07, 6.45) is 6.11. The van der Waals surface area contributed by atoms with Crippen LogP contribution in [0.25, 0.3) is 0 Å². The Morgan fingerprint density at radius 3 is 2.95 bits per heavy atom. The van der Waals surface area contributed by atoms with E-state index in [9.17, 15) is 0 Å². The molecule has 0 radical (unpaired) electrons. The number of hydrogen-bond donors (Lipinski definition) is 1. The number of halogens is 1. The van der Waals surface area contributed by atoms with Crippen molar-refractivity contribution in [2.75, 3.05) is 6.61 Å². The first-order valence-electron chi connectivity index (χ1n) is 7.32. The highest BCUT2D eigenvalue weighted by Gasteiger charge is 2.42. The van der Waals surface area contributed by atoms with Crippen LogP contribution in [0, 0.1) is 0 Å². The molecule has 1 heterocycles. The second-order valence-corrected chi connectivity index (χ2v) is 6.45. The van der Waals surface area contributed by atoms with Gasteiger partial charge in [-0.2, -0.15) is 0 Å². The first-order valence-corrected chi connectivity index (χ1v) is 7.70. The summed E-state index contributed by atoms with van der Waals surface area (Å²) in [6.45, 7) is 3.12. The van der Waals surface area contributed by atoms with E-state index in [2.05, 4.69) is 24.4 Å². The third-order valence-corrected chi connectivity index (χ3v) is 4.83. The number of nitrogens with one attached hydrogen (secondary N) is 1. The highest BCUT2D eigenvalue weighted by molar-refractivity contribution is 6.30. The molecule has 3 heteroatoms. The van der Waals surface area contributed by atoms with Crippen molar-refractivity contribution in [1.29, 1.82) is 0 Å². The lowest BCUT2D eigenvalue weighted by molar-refractivity contribution is -0.136. The van der Waals surface area contributed by atoms with E-state index in [1.165, 1.54) is 24.8 Å². The molecule has 3 rings (SSSR count). The SMILES string of the molecule is CC(NC1CCOC2(CCC2)C1)c1cccc(Cl)c1. The first kappa shape index (κ1) is 13.4. The third-order valence-electron chi connectivity index (χ3n) is 4.59. The molecule has 0 bridgehead atoms. The highest BCUT2D eigenvalue weighted by Crippen LogP contribution is 2.42. The largest absolute Gasteiger partial charge is 0.375 e. The second-order valence-electron chi connectivity index (χ2n) is 6.02. The quantitative estimate of drug-likeness (QED) is 0.900. The van der Waals surface area contributed by atoms with Gasteiger partial charge in [0.25, 0.3) is 0 Å². The predicted molar refractivity (Wildman–Crippen MR) is 78.6 cm³/mol. The summed E-state index contributed by atoms with van der Waals surface area (Å²) in [5.74, 6) is 0. The van der Waals surface area contributed by atoms with Crippen molar-refractivity contribution in [3.8, 4) is 0 Å². The van der Waals surface area contributed by atoms with Crippen molar-refractivity contribution in [3.63, 3.8) is 0 Å². The van der Waals surface area contributed by atoms with Crippen molar-refractivity contribution >= 4 is 11.6 Å². The summed E-state index contributed by atoms with van der Waals surface area (Å²) in [7, 11) is 0. The fourth-order valence-electron chi connectivity index (χ4n) is 3.32. The Morgan fingerprint density at radius 1 is 1.42 bits per heavy atom.